The second-order valence-corrected chi connectivity index (χ2v) is 7.46. The van der Waals surface area contributed by atoms with Gasteiger partial charge in [0.2, 0.25) is 0 Å². The molecule has 4 nitrogen and oxygen atoms in total. The fourth-order valence-corrected chi connectivity index (χ4v) is 3.72. The van der Waals surface area contributed by atoms with Crippen molar-refractivity contribution in [2.24, 2.45) is 0 Å². The second-order valence-electron chi connectivity index (χ2n) is 7.46. The van der Waals surface area contributed by atoms with Crippen LogP contribution in [0.5, 0.6) is 0 Å². The fourth-order valence-electron chi connectivity index (χ4n) is 3.72. The van der Waals surface area contributed by atoms with Crippen LogP contribution >= 0.6 is 0 Å². The van der Waals surface area contributed by atoms with Crippen molar-refractivity contribution >= 4 is 25.2 Å². The normalized spacial score (nSPS) is 18.2. The molecule has 2 aliphatic rings. The van der Waals surface area contributed by atoms with Gasteiger partial charge in [0, 0.05) is 26.4 Å². The van der Waals surface area contributed by atoms with Gasteiger partial charge < -0.3 is 18.6 Å². The van der Waals surface area contributed by atoms with Gasteiger partial charge in [-0.15, -0.1) is 0 Å². The van der Waals surface area contributed by atoms with Crippen LogP contribution in [-0.4, -0.2) is 40.7 Å². The molecule has 0 saturated carbocycles. The molecule has 2 heterocycles. The van der Waals surface area contributed by atoms with Crippen LogP contribution in [0.25, 0.3) is 11.1 Å². The van der Waals surface area contributed by atoms with E-state index in [1.807, 2.05) is 0 Å². The van der Waals surface area contributed by atoms with E-state index in [1.165, 1.54) is 12.1 Å². The van der Waals surface area contributed by atoms with E-state index < -0.39 is 48.8 Å². The summed E-state index contributed by atoms with van der Waals surface area (Å²) in [6.45, 7) is 1.27. The molecule has 2 aliphatic heterocycles. The SMILES string of the molecule is FC(F)(F)c1cc(B2OCCCO2)ccc1-c1ccc(B2OCCCO2)cc1C(F)(F)F. The maximum absolute atomic E-state index is 13.9. The van der Waals surface area contributed by atoms with Crippen LogP contribution in [0.4, 0.5) is 26.3 Å². The Balaban J connectivity index is 1.80. The van der Waals surface area contributed by atoms with Gasteiger partial charge in [-0.25, -0.2) is 0 Å². The summed E-state index contributed by atoms with van der Waals surface area (Å²) in [5.74, 6) is 0. The molecule has 2 saturated heterocycles. The summed E-state index contributed by atoms with van der Waals surface area (Å²) in [5.41, 5.74) is -3.37. The lowest BCUT2D eigenvalue weighted by Crippen LogP contribution is -2.41. The van der Waals surface area contributed by atoms with Gasteiger partial charge in [0.25, 0.3) is 0 Å². The largest absolute Gasteiger partial charge is 0.493 e. The van der Waals surface area contributed by atoms with Gasteiger partial charge in [-0.2, -0.15) is 26.3 Å². The van der Waals surface area contributed by atoms with Crippen molar-refractivity contribution in [2.75, 3.05) is 26.4 Å². The zero-order valence-electron chi connectivity index (χ0n) is 16.8. The first kappa shape index (κ1) is 23.2. The van der Waals surface area contributed by atoms with Crippen molar-refractivity contribution in [3.8, 4) is 11.1 Å². The zero-order valence-corrected chi connectivity index (χ0v) is 16.8. The maximum atomic E-state index is 13.9. The van der Waals surface area contributed by atoms with Crippen LogP contribution in [0.3, 0.4) is 0 Å². The summed E-state index contributed by atoms with van der Waals surface area (Å²) in [7, 11) is -1.99. The number of rotatable bonds is 3. The Morgan fingerprint density at radius 2 is 0.906 bits per heavy atom. The number of hydrogen-bond acceptors (Lipinski definition) is 4. The smallest absolute Gasteiger partial charge is 0.407 e. The van der Waals surface area contributed by atoms with Crippen molar-refractivity contribution in [3.63, 3.8) is 0 Å². The third kappa shape index (κ3) is 4.98. The molecular formula is C20H18B2F6O4. The highest BCUT2D eigenvalue weighted by Crippen LogP contribution is 2.42. The van der Waals surface area contributed by atoms with Crippen LogP contribution in [0.1, 0.15) is 24.0 Å². The Labute approximate surface area is 181 Å². The molecule has 0 aliphatic carbocycles. The van der Waals surface area contributed by atoms with Crippen LogP contribution in [0.15, 0.2) is 36.4 Å². The minimum absolute atomic E-state index is 0.0926. The van der Waals surface area contributed by atoms with Crippen molar-refractivity contribution in [3.05, 3.63) is 47.5 Å². The molecule has 2 aromatic rings. The summed E-state index contributed by atoms with van der Waals surface area (Å²) in [6, 6.07) is 6.21. The van der Waals surface area contributed by atoms with Gasteiger partial charge in [-0.3, -0.25) is 0 Å². The van der Waals surface area contributed by atoms with Crippen LogP contribution in [-0.2, 0) is 31.0 Å². The van der Waals surface area contributed by atoms with Crippen LogP contribution < -0.4 is 10.9 Å². The first-order valence-electron chi connectivity index (χ1n) is 10.0. The Bertz CT molecular complexity index is 877. The lowest BCUT2D eigenvalue weighted by atomic mass is 9.74. The Morgan fingerprint density at radius 1 is 0.562 bits per heavy atom. The van der Waals surface area contributed by atoms with E-state index in [4.69, 9.17) is 18.6 Å². The fraction of sp³-hybridized carbons (Fsp3) is 0.400. The van der Waals surface area contributed by atoms with Crippen LogP contribution in [0.2, 0.25) is 0 Å². The molecule has 0 bridgehead atoms. The molecule has 2 fully saturated rings. The maximum Gasteiger partial charge on any atom is 0.493 e. The van der Waals surface area contributed by atoms with Gasteiger partial charge in [-0.05, 0) is 47.0 Å². The van der Waals surface area contributed by atoms with Crippen molar-refractivity contribution in [1.29, 1.82) is 0 Å². The molecule has 0 radical (unpaired) electrons. The highest BCUT2D eigenvalue weighted by Gasteiger charge is 2.40. The zero-order chi connectivity index (χ0) is 22.9. The minimum atomic E-state index is -4.89. The standard InChI is InChI=1S/C20H18B2F6O4/c23-19(24,25)17-11-13(21-29-7-1-8-30-21)3-5-15(17)16-6-4-14(12-18(16)20(26,27)28)22-31-9-2-10-32-22/h3-6,11-12H,1-2,7-10H2. The quantitative estimate of drug-likeness (QED) is 0.520. The lowest BCUT2D eigenvalue weighted by molar-refractivity contribution is -0.139. The highest BCUT2D eigenvalue weighted by atomic mass is 19.4. The molecule has 0 aromatic heterocycles. The van der Waals surface area contributed by atoms with Crippen molar-refractivity contribution in [2.45, 2.75) is 25.2 Å². The molecule has 0 spiro atoms. The predicted octanol–water partition coefficient (Wildman–Crippen LogP) is 3.66. The molecular weight excluding hydrogens is 440 g/mol. The lowest BCUT2D eigenvalue weighted by Gasteiger charge is -2.24. The Kier molecular flexibility index (Phi) is 6.58. The molecule has 0 unspecified atom stereocenters. The molecule has 0 atom stereocenters. The van der Waals surface area contributed by atoms with E-state index in [0.29, 0.717) is 39.3 Å². The second kappa shape index (κ2) is 9.09. The summed E-state index contributed by atoms with van der Waals surface area (Å²) in [5, 5.41) is 0. The average molecular weight is 458 g/mol. The summed E-state index contributed by atoms with van der Waals surface area (Å²) >= 11 is 0. The van der Waals surface area contributed by atoms with E-state index in [1.54, 1.807) is 0 Å². The number of halogens is 6. The average Bonchev–Trinajstić information content (AvgIpc) is 2.78. The van der Waals surface area contributed by atoms with E-state index in [9.17, 15) is 26.3 Å². The monoisotopic (exact) mass is 458 g/mol. The number of hydrogen-bond donors (Lipinski definition) is 0. The first-order chi connectivity index (χ1) is 15.1. The molecule has 4 rings (SSSR count). The third-order valence-electron chi connectivity index (χ3n) is 5.19. The first-order valence-corrected chi connectivity index (χ1v) is 10.0. The number of alkyl halides is 6. The van der Waals surface area contributed by atoms with E-state index in [2.05, 4.69) is 0 Å². The number of benzene rings is 2. The van der Waals surface area contributed by atoms with E-state index >= 15 is 0 Å². The Hall–Kier alpha value is -2.01. The molecule has 0 N–H and O–H groups in total. The van der Waals surface area contributed by atoms with Crippen molar-refractivity contribution < 1.29 is 45.0 Å². The molecule has 2 aromatic carbocycles. The third-order valence-corrected chi connectivity index (χ3v) is 5.19. The molecule has 170 valence electrons. The predicted molar refractivity (Wildman–Crippen MR) is 106 cm³/mol. The van der Waals surface area contributed by atoms with Gasteiger partial charge in [0.15, 0.2) is 0 Å². The van der Waals surface area contributed by atoms with Gasteiger partial charge >= 0.3 is 26.6 Å². The topological polar surface area (TPSA) is 36.9 Å². The molecule has 12 heteroatoms. The Morgan fingerprint density at radius 3 is 1.22 bits per heavy atom. The molecule has 0 amide bonds. The van der Waals surface area contributed by atoms with Crippen LogP contribution in [0, 0.1) is 0 Å². The summed E-state index contributed by atoms with van der Waals surface area (Å²) in [4.78, 5) is 0. The van der Waals surface area contributed by atoms with E-state index in [-0.39, 0.29) is 10.9 Å². The van der Waals surface area contributed by atoms with E-state index in [0.717, 1.165) is 24.3 Å². The summed E-state index contributed by atoms with van der Waals surface area (Å²) < 4.78 is 105. The molecule has 32 heavy (non-hydrogen) atoms. The van der Waals surface area contributed by atoms with Gasteiger partial charge in [0.05, 0.1) is 11.1 Å². The highest BCUT2D eigenvalue weighted by molar-refractivity contribution is 6.62. The minimum Gasteiger partial charge on any atom is -0.407 e. The van der Waals surface area contributed by atoms with Gasteiger partial charge in [0.1, 0.15) is 0 Å². The van der Waals surface area contributed by atoms with Gasteiger partial charge in [-0.1, -0.05) is 24.3 Å². The summed E-state index contributed by atoms with van der Waals surface area (Å²) in [6.07, 6.45) is -8.57. The van der Waals surface area contributed by atoms with Crippen molar-refractivity contribution in [1.82, 2.24) is 0 Å².